The summed E-state index contributed by atoms with van der Waals surface area (Å²) in [6.45, 7) is 2.81. The molecule has 22 heavy (non-hydrogen) atoms. The molecule has 0 unspecified atom stereocenters. The van der Waals surface area contributed by atoms with Crippen LogP contribution in [0.3, 0.4) is 0 Å². The molecule has 1 saturated carbocycles. The van der Waals surface area contributed by atoms with Crippen molar-refractivity contribution in [1.29, 1.82) is 0 Å². The highest BCUT2D eigenvalue weighted by molar-refractivity contribution is 5.49. The molecule has 0 amide bonds. The van der Waals surface area contributed by atoms with Crippen molar-refractivity contribution in [2.24, 2.45) is 0 Å². The lowest BCUT2D eigenvalue weighted by Crippen LogP contribution is -2.20. The van der Waals surface area contributed by atoms with Crippen molar-refractivity contribution in [3.63, 3.8) is 0 Å². The fraction of sp³-hybridized carbons (Fsp3) is 0.444. The average Bonchev–Trinajstić information content (AvgIpc) is 3.00. The lowest BCUT2D eigenvalue weighted by Gasteiger charge is -2.20. The zero-order valence-corrected chi connectivity index (χ0v) is 13.4. The monoisotopic (exact) mass is 296 g/mol. The Kier molecular flexibility index (Phi) is 4.56. The first kappa shape index (κ1) is 14.8. The smallest absolute Gasteiger partial charge is 0.134 e. The Hall–Kier alpha value is -2.10. The van der Waals surface area contributed by atoms with Crippen LogP contribution in [0.25, 0.3) is 0 Å². The van der Waals surface area contributed by atoms with Gasteiger partial charge in [-0.2, -0.15) is 0 Å². The maximum atomic E-state index is 4.58. The van der Waals surface area contributed by atoms with E-state index in [1.165, 1.54) is 31.2 Å². The van der Waals surface area contributed by atoms with Gasteiger partial charge in [0.1, 0.15) is 17.5 Å². The molecule has 4 heteroatoms. The quantitative estimate of drug-likeness (QED) is 0.911. The average molecular weight is 296 g/mol. The summed E-state index contributed by atoms with van der Waals surface area (Å²) in [4.78, 5) is 11.3. The summed E-state index contributed by atoms with van der Waals surface area (Å²) in [5.41, 5.74) is 1.28. The van der Waals surface area contributed by atoms with Gasteiger partial charge in [0, 0.05) is 25.7 Å². The van der Waals surface area contributed by atoms with Crippen LogP contribution in [-0.2, 0) is 6.54 Å². The molecule has 0 radical (unpaired) electrons. The molecule has 0 saturated heterocycles. The van der Waals surface area contributed by atoms with Crippen LogP contribution >= 0.6 is 0 Å². The minimum Gasteiger partial charge on any atom is -0.367 e. The normalized spacial score (nSPS) is 15.0. The molecule has 1 aromatic heterocycles. The summed E-state index contributed by atoms with van der Waals surface area (Å²) in [7, 11) is 2.08. The first-order valence-electron chi connectivity index (χ1n) is 8.08. The molecular formula is C18H24N4. The molecule has 1 N–H and O–H groups in total. The van der Waals surface area contributed by atoms with E-state index in [0.717, 1.165) is 24.0 Å². The van der Waals surface area contributed by atoms with Crippen molar-refractivity contribution in [2.45, 2.75) is 45.2 Å². The van der Waals surface area contributed by atoms with E-state index >= 15 is 0 Å². The lowest BCUT2D eigenvalue weighted by molar-refractivity contribution is 0.747. The van der Waals surface area contributed by atoms with E-state index in [2.05, 4.69) is 57.6 Å². The van der Waals surface area contributed by atoms with Gasteiger partial charge < -0.3 is 10.2 Å². The molecule has 0 spiro atoms. The van der Waals surface area contributed by atoms with Crippen molar-refractivity contribution >= 4 is 11.6 Å². The number of anilines is 2. The van der Waals surface area contributed by atoms with Crippen molar-refractivity contribution in [3.8, 4) is 0 Å². The Bertz CT molecular complexity index is 606. The van der Waals surface area contributed by atoms with Gasteiger partial charge in [-0.15, -0.1) is 0 Å². The molecule has 0 bridgehead atoms. The third-order valence-corrected chi connectivity index (χ3v) is 4.19. The molecule has 3 rings (SSSR count). The first-order chi connectivity index (χ1) is 10.7. The topological polar surface area (TPSA) is 41.1 Å². The van der Waals surface area contributed by atoms with E-state index in [9.17, 15) is 0 Å². The van der Waals surface area contributed by atoms with E-state index in [-0.39, 0.29) is 0 Å². The number of rotatable bonds is 5. The third kappa shape index (κ3) is 3.75. The number of nitrogens with one attached hydrogen (secondary N) is 1. The number of hydrogen-bond acceptors (Lipinski definition) is 4. The second kappa shape index (κ2) is 6.77. The van der Waals surface area contributed by atoms with Crippen LogP contribution in [0.1, 0.15) is 37.1 Å². The van der Waals surface area contributed by atoms with E-state index in [0.29, 0.717) is 6.04 Å². The summed E-state index contributed by atoms with van der Waals surface area (Å²) in [6, 6.07) is 13.1. The molecule has 0 aliphatic heterocycles. The molecule has 4 nitrogen and oxygen atoms in total. The predicted octanol–water partition coefficient (Wildman–Crippen LogP) is 3.78. The van der Waals surface area contributed by atoms with Gasteiger partial charge in [0.25, 0.3) is 0 Å². The molecule has 1 aliphatic carbocycles. The third-order valence-electron chi connectivity index (χ3n) is 4.19. The number of aromatic nitrogens is 2. The van der Waals surface area contributed by atoms with Crippen LogP contribution in [0, 0.1) is 6.92 Å². The second-order valence-electron chi connectivity index (χ2n) is 6.13. The fourth-order valence-electron chi connectivity index (χ4n) is 3.04. The minimum absolute atomic E-state index is 0.571. The number of hydrogen-bond donors (Lipinski definition) is 1. The molecule has 116 valence electrons. The molecule has 2 aromatic rings. The SMILES string of the molecule is Cc1nc(NC2CCCC2)cc(N(C)Cc2ccccc2)n1. The van der Waals surface area contributed by atoms with E-state index in [1.807, 2.05) is 13.0 Å². The standard InChI is InChI=1S/C18H24N4/c1-14-19-17(21-16-10-6-7-11-16)12-18(20-14)22(2)13-15-8-4-3-5-9-15/h3-5,8-9,12,16H,6-7,10-11,13H2,1-2H3,(H,19,20,21). The Morgan fingerprint density at radius 2 is 1.86 bits per heavy atom. The lowest BCUT2D eigenvalue weighted by atomic mass is 10.2. The van der Waals surface area contributed by atoms with Crippen molar-refractivity contribution in [1.82, 2.24) is 9.97 Å². The highest BCUT2D eigenvalue weighted by atomic mass is 15.2. The van der Waals surface area contributed by atoms with Crippen LogP contribution in [0.5, 0.6) is 0 Å². The maximum Gasteiger partial charge on any atom is 0.134 e. The van der Waals surface area contributed by atoms with Gasteiger partial charge in [-0.05, 0) is 25.3 Å². The molecular weight excluding hydrogens is 272 g/mol. The predicted molar refractivity (Wildman–Crippen MR) is 91.2 cm³/mol. The molecule has 0 atom stereocenters. The van der Waals surface area contributed by atoms with Gasteiger partial charge in [-0.1, -0.05) is 43.2 Å². The van der Waals surface area contributed by atoms with Crippen molar-refractivity contribution < 1.29 is 0 Å². The Balaban J connectivity index is 1.73. The van der Waals surface area contributed by atoms with E-state index < -0.39 is 0 Å². The van der Waals surface area contributed by atoms with Crippen LogP contribution in [0.15, 0.2) is 36.4 Å². The zero-order chi connectivity index (χ0) is 15.4. The van der Waals surface area contributed by atoms with Gasteiger partial charge in [-0.3, -0.25) is 0 Å². The Morgan fingerprint density at radius 1 is 1.14 bits per heavy atom. The second-order valence-corrected chi connectivity index (χ2v) is 6.13. The van der Waals surface area contributed by atoms with Crippen LogP contribution in [0.2, 0.25) is 0 Å². The molecule has 1 heterocycles. The van der Waals surface area contributed by atoms with E-state index in [4.69, 9.17) is 0 Å². The van der Waals surface area contributed by atoms with Crippen molar-refractivity contribution in [2.75, 3.05) is 17.3 Å². The Labute approximate surface area is 132 Å². The molecule has 1 fully saturated rings. The highest BCUT2D eigenvalue weighted by Crippen LogP contribution is 2.23. The molecule has 1 aromatic carbocycles. The van der Waals surface area contributed by atoms with Crippen LogP contribution < -0.4 is 10.2 Å². The Morgan fingerprint density at radius 3 is 2.59 bits per heavy atom. The number of benzene rings is 1. The highest BCUT2D eigenvalue weighted by Gasteiger charge is 2.16. The number of nitrogens with zero attached hydrogens (tertiary/aromatic N) is 3. The summed E-state index contributed by atoms with van der Waals surface area (Å²) < 4.78 is 0. The van der Waals surface area contributed by atoms with Gasteiger partial charge >= 0.3 is 0 Å². The van der Waals surface area contributed by atoms with Crippen LogP contribution in [-0.4, -0.2) is 23.1 Å². The zero-order valence-electron chi connectivity index (χ0n) is 13.4. The first-order valence-corrected chi connectivity index (χ1v) is 8.08. The van der Waals surface area contributed by atoms with Crippen molar-refractivity contribution in [3.05, 3.63) is 47.8 Å². The minimum atomic E-state index is 0.571. The van der Waals surface area contributed by atoms with Gasteiger partial charge in [0.2, 0.25) is 0 Å². The number of aryl methyl sites for hydroxylation is 1. The summed E-state index contributed by atoms with van der Waals surface area (Å²) >= 11 is 0. The fourth-order valence-corrected chi connectivity index (χ4v) is 3.04. The van der Waals surface area contributed by atoms with Gasteiger partial charge in [0.05, 0.1) is 0 Å². The summed E-state index contributed by atoms with van der Waals surface area (Å²) in [5.74, 6) is 2.74. The van der Waals surface area contributed by atoms with E-state index in [1.54, 1.807) is 0 Å². The summed E-state index contributed by atoms with van der Waals surface area (Å²) in [5, 5.41) is 3.56. The van der Waals surface area contributed by atoms with Gasteiger partial charge in [-0.25, -0.2) is 9.97 Å². The van der Waals surface area contributed by atoms with Gasteiger partial charge in [0.15, 0.2) is 0 Å². The summed E-state index contributed by atoms with van der Waals surface area (Å²) in [6.07, 6.45) is 5.14. The maximum absolute atomic E-state index is 4.58. The molecule has 1 aliphatic rings. The van der Waals surface area contributed by atoms with Crippen LogP contribution in [0.4, 0.5) is 11.6 Å². The largest absolute Gasteiger partial charge is 0.367 e.